The first-order valence-corrected chi connectivity index (χ1v) is 8.35. The van der Waals surface area contributed by atoms with Crippen LogP contribution in [-0.4, -0.2) is 20.3 Å². The maximum absolute atomic E-state index is 12.8. The molecule has 0 radical (unpaired) electrons. The molecule has 0 saturated carbocycles. The predicted octanol–water partition coefficient (Wildman–Crippen LogP) is 4.09. The largest absolute Gasteiger partial charge is 0.507 e. The van der Waals surface area contributed by atoms with Gasteiger partial charge < -0.3 is 5.11 Å². The topological polar surface area (TPSA) is 71.7 Å². The summed E-state index contributed by atoms with van der Waals surface area (Å²) in [4.78, 5) is 29.9. The van der Waals surface area contributed by atoms with Crippen LogP contribution in [-0.2, 0) is 0 Å². The Morgan fingerprint density at radius 1 is 1.08 bits per heavy atom. The molecule has 2 aromatic heterocycles. The number of hydrogen-bond acceptors (Lipinski definition) is 4. The number of benzene rings is 2. The van der Waals surface area contributed by atoms with Crippen LogP contribution < -0.4 is 5.56 Å². The summed E-state index contributed by atoms with van der Waals surface area (Å²) < 4.78 is 1.22. The van der Waals surface area contributed by atoms with Gasteiger partial charge in [-0.1, -0.05) is 35.3 Å². The quantitative estimate of drug-likeness (QED) is 0.417. The Kier molecular flexibility index (Phi) is 3.90. The van der Waals surface area contributed by atoms with Gasteiger partial charge in [0.2, 0.25) is 0 Å². The Hall–Kier alpha value is -2.89. The molecule has 0 aliphatic heterocycles. The number of nitrogens with zero attached hydrogens (tertiary/aromatic N) is 2. The molecule has 2 heterocycles. The molecule has 0 atom stereocenters. The fourth-order valence-corrected chi connectivity index (χ4v) is 3.20. The van der Waals surface area contributed by atoms with Crippen LogP contribution in [0, 0.1) is 0 Å². The minimum Gasteiger partial charge on any atom is -0.507 e. The van der Waals surface area contributed by atoms with E-state index in [0.29, 0.717) is 15.9 Å². The molecule has 0 spiro atoms. The van der Waals surface area contributed by atoms with Crippen molar-refractivity contribution in [2.24, 2.45) is 0 Å². The van der Waals surface area contributed by atoms with E-state index in [4.69, 9.17) is 23.2 Å². The second-order valence-electron chi connectivity index (χ2n) is 5.70. The molecule has 5 nitrogen and oxygen atoms in total. The summed E-state index contributed by atoms with van der Waals surface area (Å²) in [7, 11) is 0. The highest BCUT2D eigenvalue weighted by molar-refractivity contribution is 6.34. The zero-order valence-corrected chi connectivity index (χ0v) is 14.6. The van der Waals surface area contributed by atoms with Crippen molar-refractivity contribution in [3.05, 3.63) is 86.3 Å². The average Bonchev–Trinajstić information content (AvgIpc) is 2.63. The molecule has 0 bridgehead atoms. The number of rotatable bonds is 2. The number of carbonyl (C=O) groups is 1. The number of phenols is 1. The van der Waals surface area contributed by atoms with Crippen molar-refractivity contribution in [1.29, 1.82) is 0 Å². The van der Waals surface area contributed by atoms with Gasteiger partial charge in [-0.25, -0.2) is 4.98 Å². The highest BCUT2D eigenvalue weighted by Gasteiger charge is 2.17. The van der Waals surface area contributed by atoms with Crippen LogP contribution in [0.5, 0.6) is 5.75 Å². The molecule has 0 fully saturated rings. The molecule has 128 valence electrons. The van der Waals surface area contributed by atoms with Gasteiger partial charge in [-0.3, -0.25) is 14.0 Å². The van der Waals surface area contributed by atoms with E-state index in [1.165, 1.54) is 34.9 Å². The van der Waals surface area contributed by atoms with E-state index >= 15 is 0 Å². The first-order chi connectivity index (χ1) is 12.5. The lowest BCUT2D eigenvalue weighted by Crippen LogP contribution is -2.17. The van der Waals surface area contributed by atoms with Gasteiger partial charge in [0, 0.05) is 16.8 Å². The molecule has 0 saturated heterocycles. The van der Waals surface area contributed by atoms with E-state index in [9.17, 15) is 14.7 Å². The zero-order chi connectivity index (χ0) is 18.4. The van der Waals surface area contributed by atoms with Gasteiger partial charge in [0.1, 0.15) is 5.75 Å². The lowest BCUT2D eigenvalue weighted by atomic mass is 10.0. The number of ketones is 1. The Morgan fingerprint density at radius 2 is 1.85 bits per heavy atom. The molecule has 0 aliphatic carbocycles. The minimum absolute atomic E-state index is 0.118. The van der Waals surface area contributed by atoms with Crippen LogP contribution >= 0.6 is 23.2 Å². The van der Waals surface area contributed by atoms with Crippen molar-refractivity contribution in [3.63, 3.8) is 0 Å². The predicted molar refractivity (Wildman–Crippen MR) is 101 cm³/mol. The van der Waals surface area contributed by atoms with Gasteiger partial charge in [-0.15, -0.1) is 0 Å². The lowest BCUT2D eigenvalue weighted by molar-refractivity contribution is 0.103. The number of aromatic hydroxyl groups is 1. The SMILES string of the molecule is O=C(c1cc(Cl)c2nc3ccc(Cl)cc3c(=O)n2c1)c1ccccc1O. The highest BCUT2D eigenvalue weighted by Crippen LogP contribution is 2.24. The molecule has 0 unspecified atom stereocenters. The number of fused-ring (bicyclic) bond motifs is 2. The molecule has 1 N–H and O–H groups in total. The summed E-state index contributed by atoms with van der Waals surface area (Å²) in [6.45, 7) is 0. The van der Waals surface area contributed by atoms with E-state index in [1.807, 2.05) is 0 Å². The van der Waals surface area contributed by atoms with E-state index < -0.39 is 5.78 Å². The fourth-order valence-electron chi connectivity index (χ4n) is 2.78. The smallest absolute Gasteiger partial charge is 0.265 e. The molecule has 4 rings (SSSR count). The number of halogens is 2. The van der Waals surface area contributed by atoms with E-state index in [-0.39, 0.29) is 33.1 Å². The first kappa shape index (κ1) is 16.6. The summed E-state index contributed by atoms with van der Waals surface area (Å²) in [5.74, 6) is -0.602. The summed E-state index contributed by atoms with van der Waals surface area (Å²) in [5.41, 5.74) is 0.588. The molecule has 26 heavy (non-hydrogen) atoms. The molecule has 0 amide bonds. The van der Waals surface area contributed by atoms with Crippen LogP contribution in [0.3, 0.4) is 0 Å². The van der Waals surface area contributed by atoms with E-state index in [0.717, 1.165) is 0 Å². The molecular weight excluding hydrogens is 375 g/mol. The number of phenolic OH excluding ortho intramolecular Hbond substituents is 1. The number of pyridine rings is 1. The van der Waals surface area contributed by atoms with Gasteiger partial charge in [0.15, 0.2) is 11.4 Å². The van der Waals surface area contributed by atoms with Gasteiger partial charge in [0.05, 0.1) is 21.5 Å². The maximum atomic E-state index is 12.8. The third kappa shape index (κ3) is 2.62. The van der Waals surface area contributed by atoms with Crippen LogP contribution in [0.15, 0.2) is 59.5 Å². The third-order valence-corrected chi connectivity index (χ3v) is 4.55. The lowest BCUT2D eigenvalue weighted by Gasteiger charge is -2.09. The highest BCUT2D eigenvalue weighted by atomic mass is 35.5. The fraction of sp³-hybridized carbons (Fsp3) is 0. The number of carbonyl (C=O) groups excluding carboxylic acids is 1. The van der Waals surface area contributed by atoms with Crippen LogP contribution in [0.1, 0.15) is 15.9 Å². The normalized spacial score (nSPS) is 11.2. The standard InChI is InChI=1S/C19H10Cl2N2O3/c20-11-5-6-15-13(8-11)19(26)23-9-10(7-14(21)18(23)22-15)17(25)12-3-1-2-4-16(12)24/h1-9,24H. The van der Waals surface area contributed by atoms with Crippen LogP contribution in [0.25, 0.3) is 16.6 Å². The maximum Gasteiger partial charge on any atom is 0.265 e. The summed E-state index contributed by atoms with van der Waals surface area (Å²) in [6.07, 6.45) is 1.37. The minimum atomic E-state index is -0.454. The first-order valence-electron chi connectivity index (χ1n) is 7.59. The summed E-state index contributed by atoms with van der Waals surface area (Å²) >= 11 is 12.2. The second kappa shape index (κ2) is 6.12. The van der Waals surface area contributed by atoms with E-state index in [2.05, 4.69) is 4.98 Å². The van der Waals surface area contributed by atoms with Gasteiger partial charge in [-0.05, 0) is 36.4 Å². The summed E-state index contributed by atoms with van der Waals surface area (Å²) in [5, 5.41) is 10.8. The van der Waals surface area contributed by atoms with Crippen LogP contribution in [0.4, 0.5) is 0 Å². The number of aromatic nitrogens is 2. The third-order valence-electron chi connectivity index (χ3n) is 4.04. The zero-order valence-electron chi connectivity index (χ0n) is 13.1. The Labute approximate surface area is 157 Å². The van der Waals surface area contributed by atoms with Crippen molar-refractivity contribution in [2.45, 2.75) is 0 Å². The van der Waals surface area contributed by atoms with Gasteiger partial charge in [-0.2, -0.15) is 0 Å². The number of para-hydroxylation sites is 1. The molecule has 7 heteroatoms. The summed E-state index contributed by atoms with van der Waals surface area (Å²) in [6, 6.07) is 12.4. The van der Waals surface area contributed by atoms with Crippen LogP contribution in [0.2, 0.25) is 10.0 Å². The van der Waals surface area contributed by atoms with Gasteiger partial charge in [0.25, 0.3) is 5.56 Å². The molecule has 0 aliphatic rings. The van der Waals surface area contributed by atoms with Crippen molar-refractivity contribution >= 4 is 45.5 Å². The number of hydrogen-bond donors (Lipinski definition) is 1. The van der Waals surface area contributed by atoms with Crippen molar-refractivity contribution < 1.29 is 9.90 Å². The van der Waals surface area contributed by atoms with Gasteiger partial charge >= 0.3 is 0 Å². The van der Waals surface area contributed by atoms with Crippen molar-refractivity contribution in [2.75, 3.05) is 0 Å². The molecular formula is C19H10Cl2N2O3. The Bertz CT molecular complexity index is 1270. The molecule has 2 aromatic carbocycles. The second-order valence-corrected chi connectivity index (χ2v) is 6.54. The Morgan fingerprint density at radius 3 is 2.62 bits per heavy atom. The Balaban J connectivity index is 2.00. The van der Waals surface area contributed by atoms with E-state index in [1.54, 1.807) is 24.3 Å². The monoisotopic (exact) mass is 384 g/mol. The molecule has 4 aromatic rings. The van der Waals surface area contributed by atoms with Crippen molar-refractivity contribution in [3.8, 4) is 5.75 Å². The van der Waals surface area contributed by atoms with Crippen molar-refractivity contribution in [1.82, 2.24) is 9.38 Å². The average molecular weight is 385 g/mol.